The van der Waals surface area contributed by atoms with E-state index < -0.39 is 17.8 Å². The number of aryl methyl sites for hydroxylation is 1. The lowest BCUT2D eigenvalue weighted by Crippen LogP contribution is -2.24. The molecule has 0 aliphatic carbocycles. The third-order valence-electron chi connectivity index (χ3n) is 3.52. The summed E-state index contributed by atoms with van der Waals surface area (Å²) in [4.78, 5) is 11.6. The molecular formula is C20H18F3NO2. The molecule has 1 N–H and O–H groups in total. The first-order valence-electron chi connectivity index (χ1n) is 7.97. The Morgan fingerprint density at radius 3 is 2.58 bits per heavy atom. The van der Waals surface area contributed by atoms with Crippen LogP contribution in [0.15, 0.2) is 48.5 Å². The lowest BCUT2D eigenvalue weighted by atomic mass is 10.0. The molecule has 0 saturated heterocycles. The number of ether oxygens (including phenoxy) is 1. The third-order valence-corrected chi connectivity index (χ3v) is 3.52. The van der Waals surface area contributed by atoms with Gasteiger partial charge in [-0.15, -0.1) is 0 Å². The summed E-state index contributed by atoms with van der Waals surface area (Å²) in [5.41, 5.74) is 1.14. The Morgan fingerprint density at radius 1 is 1.15 bits per heavy atom. The van der Waals surface area contributed by atoms with E-state index in [4.69, 9.17) is 4.74 Å². The molecule has 136 valence electrons. The van der Waals surface area contributed by atoms with Gasteiger partial charge in [-0.05, 0) is 30.2 Å². The minimum atomic E-state index is -4.39. The number of alkyl carbamates (subject to hydrolysis) is 1. The standard InChI is InChI=1S/C20H18F3NO2/c1-15-10-11-18(20(21,22)23)13-17(15)9-5-6-12-24-19(25)26-14-16-7-3-2-4-8-16/h2-4,7-8,10-11,13H,6,12,14H2,1H3,(H,24,25). The summed E-state index contributed by atoms with van der Waals surface area (Å²) in [6.45, 7) is 2.11. The molecule has 1 amide bonds. The van der Waals surface area contributed by atoms with Gasteiger partial charge >= 0.3 is 12.3 Å². The van der Waals surface area contributed by atoms with E-state index in [1.54, 1.807) is 6.92 Å². The van der Waals surface area contributed by atoms with Crippen LogP contribution in [0.25, 0.3) is 0 Å². The Morgan fingerprint density at radius 2 is 1.88 bits per heavy atom. The quantitative estimate of drug-likeness (QED) is 0.634. The molecule has 0 aliphatic rings. The summed E-state index contributed by atoms with van der Waals surface area (Å²) >= 11 is 0. The first-order chi connectivity index (χ1) is 12.4. The molecule has 0 fully saturated rings. The summed E-state index contributed by atoms with van der Waals surface area (Å²) in [7, 11) is 0. The summed E-state index contributed by atoms with van der Waals surface area (Å²) in [5, 5.41) is 2.55. The molecular weight excluding hydrogens is 343 g/mol. The summed E-state index contributed by atoms with van der Waals surface area (Å²) in [6.07, 6.45) is -4.66. The van der Waals surface area contributed by atoms with Gasteiger partial charge in [-0.2, -0.15) is 13.2 Å². The minimum Gasteiger partial charge on any atom is -0.445 e. The van der Waals surface area contributed by atoms with E-state index in [1.807, 2.05) is 30.3 Å². The van der Waals surface area contributed by atoms with Gasteiger partial charge in [0.05, 0.1) is 5.56 Å². The number of carbonyl (C=O) groups excluding carboxylic acids is 1. The van der Waals surface area contributed by atoms with E-state index in [2.05, 4.69) is 17.2 Å². The van der Waals surface area contributed by atoms with Gasteiger partial charge in [0.25, 0.3) is 0 Å². The number of hydrogen-bond donors (Lipinski definition) is 1. The number of alkyl halides is 3. The van der Waals surface area contributed by atoms with E-state index in [0.29, 0.717) is 17.5 Å². The normalized spacial score (nSPS) is 10.6. The Balaban J connectivity index is 1.79. The summed E-state index contributed by atoms with van der Waals surface area (Å²) in [6, 6.07) is 12.7. The molecule has 0 aromatic heterocycles. The first-order valence-corrected chi connectivity index (χ1v) is 7.97. The molecule has 2 rings (SSSR count). The number of hydrogen-bond acceptors (Lipinski definition) is 2. The van der Waals surface area contributed by atoms with Gasteiger partial charge in [0, 0.05) is 18.5 Å². The maximum atomic E-state index is 12.7. The lowest BCUT2D eigenvalue weighted by molar-refractivity contribution is -0.137. The highest BCUT2D eigenvalue weighted by atomic mass is 19.4. The Labute approximate surface area is 150 Å². The maximum Gasteiger partial charge on any atom is 0.416 e. The van der Waals surface area contributed by atoms with Crippen LogP contribution in [0.4, 0.5) is 18.0 Å². The third kappa shape index (κ3) is 6.17. The number of nitrogens with one attached hydrogen (secondary N) is 1. The lowest BCUT2D eigenvalue weighted by Gasteiger charge is -2.08. The van der Waals surface area contributed by atoms with E-state index in [9.17, 15) is 18.0 Å². The predicted molar refractivity (Wildman–Crippen MR) is 92.3 cm³/mol. The largest absolute Gasteiger partial charge is 0.445 e. The highest BCUT2D eigenvalue weighted by Crippen LogP contribution is 2.30. The molecule has 26 heavy (non-hydrogen) atoms. The maximum absolute atomic E-state index is 12.7. The zero-order valence-corrected chi connectivity index (χ0v) is 14.2. The van der Waals surface area contributed by atoms with Crippen molar-refractivity contribution < 1.29 is 22.7 Å². The van der Waals surface area contributed by atoms with Crippen molar-refractivity contribution >= 4 is 6.09 Å². The van der Waals surface area contributed by atoms with Crippen LogP contribution < -0.4 is 5.32 Å². The van der Waals surface area contributed by atoms with E-state index in [0.717, 1.165) is 17.7 Å². The zero-order valence-electron chi connectivity index (χ0n) is 14.2. The van der Waals surface area contributed by atoms with Gasteiger partial charge in [-0.1, -0.05) is 48.2 Å². The molecule has 0 unspecified atom stereocenters. The average molecular weight is 361 g/mol. The predicted octanol–water partition coefficient (Wildman–Crippen LogP) is 4.68. The minimum absolute atomic E-state index is 0.168. The Kier molecular flexibility index (Phi) is 6.67. The SMILES string of the molecule is Cc1ccc(C(F)(F)F)cc1C#CCCNC(=O)OCc1ccccc1. The molecule has 0 aliphatic heterocycles. The van der Waals surface area contributed by atoms with Gasteiger partial charge < -0.3 is 10.1 Å². The van der Waals surface area contributed by atoms with Gasteiger partial charge in [-0.25, -0.2) is 4.79 Å². The molecule has 3 nitrogen and oxygen atoms in total. The monoisotopic (exact) mass is 361 g/mol. The highest BCUT2D eigenvalue weighted by Gasteiger charge is 2.30. The zero-order chi connectivity index (χ0) is 19.0. The number of amides is 1. The van der Waals surface area contributed by atoms with Crippen LogP contribution in [0.5, 0.6) is 0 Å². The molecule has 0 spiro atoms. The molecule has 2 aromatic carbocycles. The van der Waals surface area contributed by atoms with Crippen molar-refractivity contribution in [1.82, 2.24) is 5.32 Å². The van der Waals surface area contributed by atoms with Crippen molar-refractivity contribution in [2.75, 3.05) is 6.54 Å². The second-order valence-electron chi connectivity index (χ2n) is 5.57. The molecule has 0 heterocycles. The fourth-order valence-electron chi connectivity index (χ4n) is 2.09. The fraction of sp³-hybridized carbons (Fsp3) is 0.250. The van der Waals surface area contributed by atoms with Crippen molar-refractivity contribution in [3.8, 4) is 11.8 Å². The molecule has 6 heteroatoms. The van der Waals surface area contributed by atoms with Crippen molar-refractivity contribution in [3.05, 3.63) is 70.8 Å². The van der Waals surface area contributed by atoms with Crippen LogP contribution in [-0.4, -0.2) is 12.6 Å². The number of benzene rings is 2. The summed E-state index contributed by atoms with van der Waals surface area (Å²) < 4.78 is 43.2. The van der Waals surface area contributed by atoms with Crippen molar-refractivity contribution in [3.63, 3.8) is 0 Å². The van der Waals surface area contributed by atoms with Gasteiger partial charge in [-0.3, -0.25) is 0 Å². The molecule has 0 saturated carbocycles. The van der Waals surface area contributed by atoms with Crippen LogP contribution in [0, 0.1) is 18.8 Å². The van der Waals surface area contributed by atoms with Crippen molar-refractivity contribution in [2.24, 2.45) is 0 Å². The Bertz CT molecular complexity index is 805. The number of halogens is 3. The van der Waals surface area contributed by atoms with Crippen LogP contribution in [0.2, 0.25) is 0 Å². The van der Waals surface area contributed by atoms with Crippen LogP contribution >= 0.6 is 0 Å². The van der Waals surface area contributed by atoms with Crippen LogP contribution in [0.1, 0.15) is 28.7 Å². The summed E-state index contributed by atoms with van der Waals surface area (Å²) in [5.74, 6) is 5.48. The second kappa shape index (κ2) is 8.95. The van der Waals surface area contributed by atoms with Crippen LogP contribution in [-0.2, 0) is 17.5 Å². The molecule has 0 bridgehead atoms. The molecule has 2 aromatic rings. The highest BCUT2D eigenvalue weighted by molar-refractivity contribution is 5.67. The molecule has 0 atom stereocenters. The topological polar surface area (TPSA) is 38.3 Å². The number of carbonyl (C=O) groups is 1. The fourth-order valence-corrected chi connectivity index (χ4v) is 2.09. The van der Waals surface area contributed by atoms with Crippen LogP contribution in [0.3, 0.4) is 0 Å². The van der Waals surface area contributed by atoms with E-state index >= 15 is 0 Å². The van der Waals surface area contributed by atoms with Crippen molar-refractivity contribution in [2.45, 2.75) is 26.1 Å². The smallest absolute Gasteiger partial charge is 0.416 e. The first kappa shape index (κ1) is 19.4. The number of rotatable bonds is 4. The van der Waals surface area contributed by atoms with Crippen molar-refractivity contribution in [1.29, 1.82) is 0 Å². The van der Waals surface area contributed by atoms with Gasteiger partial charge in [0.15, 0.2) is 0 Å². The Hall–Kier alpha value is -2.94. The van der Waals surface area contributed by atoms with Gasteiger partial charge in [0.2, 0.25) is 0 Å². The molecule has 0 radical (unpaired) electrons. The van der Waals surface area contributed by atoms with Gasteiger partial charge in [0.1, 0.15) is 6.61 Å². The van der Waals surface area contributed by atoms with E-state index in [-0.39, 0.29) is 13.2 Å². The second-order valence-corrected chi connectivity index (χ2v) is 5.57. The van der Waals surface area contributed by atoms with E-state index in [1.165, 1.54) is 6.07 Å². The average Bonchev–Trinajstić information content (AvgIpc) is 2.61.